The van der Waals surface area contributed by atoms with Gasteiger partial charge in [-0.15, -0.1) is 0 Å². The van der Waals surface area contributed by atoms with E-state index >= 15 is 0 Å². The minimum atomic E-state index is -0.924. The van der Waals surface area contributed by atoms with Crippen molar-refractivity contribution in [1.29, 1.82) is 0 Å². The summed E-state index contributed by atoms with van der Waals surface area (Å²) >= 11 is 0. The first-order chi connectivity index (χ1) is 19.4. The number of hydrogen-bond acceptors (Lipinski definition) is 12. The minimum absolute atomic E-state index is 0.0134. The summed E-state index contributed by atoms with van der Waals surface area (Å²) in [7, 11) is 6.28. The van der Waals surface area contributed by atoms with E-state index in [1.807, 2.05) is 50.2 Å². The maximum atomic E-state index is 11.9. The van der Waals surface area contributed by atoms with Gasteiger partial charge in [-0.05, 0) is 52.8 Å². The smallest absolute Gasteiger partial charge is 0.464 e. The second-order valence-corrected chi connectivity index (χ2v) is 12.3. The molecule has 12 heteroatoms. The lowest BCUT2D eigenvalue weighted by molar-refractivity contribution is -0.165. The zero-order chi connectivity index (χ0) is 29.9. The number of aromatic nitrogens is 2. The molecule has 0 spiro atoms. The number of hydrogen-bond donors (Lipinski definition) is 1. The fraction of sp³-hybridized carbons (Fsp3) is 0.538. The second-order valence-electron chi connectivity index (χ2n) is 7.39. The molecule has 0 bridgehead atoms. The van der Waals surface area contributed by atoms with Crippen molar-refractivity contribution in [3.8, 4) is 0 Å². The molecule has 0 atom stereocenters. The summed E-state index contributed by atoms with van der Waals surface area (Å²) in [4.78, 5) is 31.0. The minimum Gasteiger partial charge on any atom is -0.464 e. The highest BCUT2D eigenvalue weighted by atomic mass is 33.1. The Morgan fingerprint density at radius 1 is 1.00 bits per heavy atom. The van der Waals surface area contributed by atoms with Gasteiger partial charge in [0.2, 0.25) is 0 Å². The van der Waals surface area contributed by atoms with Gasteiger partial charge in [0, 0.05) is 26.6 Å². The maximum absolute atomic E-state index is 11.9. The summed E-state index contributed by atoms with van der Waals surface area (Å²) in [6.45, 7) is 7.26. The van der Waals surface area contributed by atoms with Crippen LogP contribution >= 0.6 is 43.2 Å². The number of esters is 1. The van der Waals surface area contributed by atoms with Gasteiger partial charge in [0.15, 0.2) is 0 Å². The van der Waals surface area contributed by atoms with Crippen LogP contribution in [-0.4, -0.2) is 65.1 Å². The van der Waals surface area contributed by atoms with E-state index in [1.54, 1.807) is 51.7 Å². The first-order valence-corrected chi connectivity index (χ1v) is 16.6. The largest absolute Gasteiger partial charge is 0.508 e. The molecule has 0 radical (unpaired) electrons. The number of aliphatic hydroxyl groups excluding tert-OH is 1. The fourth-order valence-electron chi connectivity index (χ4n) is 2.01. The van der Waals surface area contributed by atoms with Gasteiger partial charge in [-0.2, -0.15) is 0 Å². The highest BCUT2D eigenvalue weighted by Crippen LogP contribution is 2.29. The average molecular weight is 609 g/mol. The van der Waals surface area contributed by atoms with Crippen LogP contribution in [-0.2, 0) is 19.0 Å². The van der Waals surface area contributed by atoms with Crippen LogP contribution < -0.4 is 0 Å². The van der Waals surface area contributed by atoms with E-state index < -0.39 is 17.5 Å². The van der Waals surface area contributed by atoms with Crippen molar-refractivity contribution in [1.82, 2.24) is 9.97 Å². The number of cyclic esters (lactones) is 2. The first kappa shape index (κ1) is 32.6. The van der Waals surface area contributed by atoms with Crippen molar-refractivity contribution < 1.29 is 31.6 Å². The lowest BCUT2D eigenvalue weighted by Crippen LogP contribution is -2.44. The Morgan fingerprint density at radius 3 is 1.92 bits per heavy atom. The van der Waals surface area contributed by atoms with Crippen LogP contribution in [0.5, 0.6) is 0 Å². The highest BCUT2D eigenvalue weighted by molar-refractivity contribution is 8.77. The molecular formula is C26H40N2O6S4. The van der Waals surface area contributed by atoms with Gasteiger partial charge in [-0.25, -0.2) is 14.8 Å². The van der Waals surface area contributed by atoms with Gasteiger partial charge in [0.05, 0.1) is 6.61 Å². The van der Waals surface area contributed by atoms with Crippen molar-refractivity contribution in [2.45, 2.75) is 57.5 Å². The molecule has 2 aromatic heterocycles. The normalized spacial score (nSPS) is 13.7. The van der Waals surface area contributed by atoms with Crippen molar-refractivity contribution in [2.75, 3.05) is 37.9 Å². The van der Waals surface area contributed by atoms with Crippen LogP contribution in [0.25, 0.3) is 0 Å². The van der Waals surface area contributed by atoms with Gasteiger partial charge in [-0.3, -0.25) is 4.79 Å². The van der Waals surface area contributed by atoms with Crippen molar-refractivity contribution in [3.63, 3.8) is 0 Å². The third-order valence-electron chi connectivity index (χ3n) is 3.65. The Morgan fingerprint density at radius 2 is 1.50 bits per heavy atom. The van der Waals surface area contributed by atoms with E-state index in [-0.39, 0.29) is 26.4 Å². The number of rotatable bonds is 10. The van der Waals surface area contributed by atoms with E-state index in [0.717, 1.165) is 28.6 Å². The summed E-state index contributed by atoms with van der Waals surface area (Å²) in [6, 6.07) is 11.5. The molecule has 1 saturated heterocycles. The molecule has 0 amide bonds. The fourth-order valence-corrected chi connectivity index (χ4v) is 5.37. The molecule has 2 aromatic rings. The van der Waals surface area contributed by atoms with Gasteiger partial charge >= 0.3 is 12.1 Å². The molecule has 1 N–H and O–H groups in total. The number of pyridine rings is 2. The van der Waals surface area contributed by atoms with Crippen LogP contribution in [0.3, 0.4) is 0 Å². The summed E-state index contributed by atoms with van der Waals surface area (Å²) in [5.74, 6) is 0.976. The first-order valence-electron chi connectivity index (χ1n) is 13.3. The lowest BCUT2D eigenvalue weighted by Gasteiger charge is -2.29. The SMILES string of the molecule is CC1(C(=O)OCCSSc2ccccn2)COC(=O)OC1.OCCSSc1ccccn1.[3H]CCC.[3H]CCC. The zero-order valence-electron chi connectivity index (χ0n) is 24.2. The Hall–Kier alpha value is -1.60. The molecular weight excluding hydrogens is 565 g/mol. The quantitative estimate of drug-likeness (QED) is 0.168. The standard InChI is InChI=1S/C13H15NO5S2.C7H9NOS2.2C3H8/c1-13(8-18-12(16)19-9-13)11(15)17-6-7-20-21-10-4-2-3-5-14-10;9-5-6-10-11-7-3-1-2-4-8-7;2*1-3-2/h2-5H,6-9H2,1H3;1-4,9H,5-6H2;2*3H2,1-2H3/i;;2*1T. The number of nitrogens with zero attached hydrogens (tertiary/aromatic N) is 2. The zero-order valence-corrected chi connectivity index (χ0v) is 25.5. The van der Waals surface area contributed by atoms with Crippen molar-refractivity contribution in [3.05, 3.63) is 48.8 Å². The predicted octanol–water partition coefficient (Wildman–Crippen LogP) is 7.19. The van der Waals surface area contributed by atoms with Crippen molar-refractivity contribution in [2.24, 2.45) is 5.41 Å². The van der Waals surface area contributed by atoms with Crippen LogP contribution in [0.15, 0.2) is 58.8 Å². The molecule has 3 rings (SSSR count). The number of carbonyl (C=O) groups excluding carboxylic acids is 2. The van der Waals surface area contributed by atoms with E-state index in [0.29, 0.717) is 19.6 Å². The molecule has 38 heavy (non-hydrogen) atoms. The number of carbonyl (C=O) groups is 2. The van der Waals surface area contributed by atoms with Crippen LogP contribution in [0.1, 0.15) is 50.2 Å². The van der Waals surface area contributed by atoms with E-state index in [9.17, 15) is 9.59 Å². The summed E-state index contributed by atoms with van der Waals surface area (Å²) in [6.07, 6.45) is 4.72. The third-order valence-corrected chi connectivity index (χ3v) is 8.12. The second kappa shape index (κ2) is 24.4. The molecule has 1 aliphatic heterocycles. The Bertz CT molecular complexity index is 874. The summed E-state index contributed by atoms with van der Waals surface area (Å²) in [5.41, 5.74) is -0.924. The topological polar surface area (TPSA) is 108 Å². The monoisotopic (exact) mass is 608 g/mol. The molecule has 1 aliphatic rings. The van der Waals surface area contributed by atoms with Crippen LogP contribution in [0.4, 0.5) is 4.79 Å². The highest BCUT2D eigenvalue weighted by Gasteiger charge is 2.41. The van der Waals surface area contributed by atoms with E-state index in [4.69, 9.17) is 22.1 Å². The number of aliphatic hydroxyl groups is 1. The van der Waals surface area contributed by atoms with Gasteiger partial charge < -0.3 is 19.3 Å². The Balaban J connectivity index is 0.000000665. The van der Waals surface area contributed by atoms with Crippen LogP contribution in [0, 0.1) is 5.41 Å². The Labute approximate surface area is 245 Å². The van der Waals surface area contributed by atoms with Gasteiger partial charge in [0.1, 0.15) is 35.3 Å². The maximum Gasteiger partial charge on any atom is 0.508 e. The molecule has 0 aromatic carbocycles. The molecule has 214 valence electrons. The summed E-state index contributed by atoms with van der Waals surface area (Å²) in [5, 5.41) is 10.4. The Kier molecular flexibility index (Phi) is 21.0. The van der Waals surface area contributed by atoms with Gasteiger partial charge in [-0.1, -0.05) is 74.2 Å². The molecule has 1 fully saturated rings. The average Bonchev–Trinajstić information content (AvgIpc) is 3.00. The molecule has 8 nitrogen and oxygen atoms in total. The predicted molar refractivity (Wildman–Crippen MR) is 160 cm³/mol. The number of ether oxygens (including phenoxy) is 3. The molecule has 0 aliphatic carbocycles. The molecule has 0 unspecified atom stereocenters. The lowest BCUT2D eigenvalue weighted by atomic mass is 9.93. The third kappa shape index (κ3) is 18.6. The van der Waals surface area contributed by atoms with Crippen LogP contribution in [0.2, 0.25) is 0 Å². The van der Waals surface area contributed by atoms with Crippen molar-refractivity contribution >= 4 is 55.3 Å². The molecule has 3 heterocycles. The van der Waals surface area contributed by atoms with Gasteiger partial charge in [0.25, 0.3) is 0 Å². The molecule has 0 saturated carbocycles. The van der Waals surface area contributed by atoms with E-state index in [2.05, 4.69) is 9.97 Å². The summed E-state index contributed by atoms with van der Waals surface area (Å²) < 4.78 is 27.5. The van der Waals surface area contributed by atoms with E-state index in [1.165, 1.54) is 10.8 Å².